The molecule has 0 fully saturated rings. The van der Waals surface area contributed by atoms with Crippen LogP contribution in [-0.4, -0.2) is 25.5 Å². The number of amides is 2. The van der Waals surface area contributed by atoms with Gasteiger partial charge in [-0.3, -0.25) is 9.59 Å². The van der Waals surface area contributed by atoms with E-state index in [4.69, 9.17) is 4.74 Å². The Morgan fingerprint density at radius 2 is 2.08 bits per heavy atom. The molecule has 1 aliphatic rings. The van der Waals surface area contributed by atoms with Crippen LogP contribution in [-0.2, 0) is 28.9 Å². The molecular formula is C19H20N2O3. The lowest BCUT2D eigenvalue weighted by Crippen LogP contribution is -2.27. The minimum Gasteiger partial charge on any atom is -0.496 e. The topological polar surface area (TPSA) is 67.4 Å². The number of ether oxygens (including phenoxy) is 1. The van der Waals surface area contributed by atoms with E-state index in [0.29, 0.717) is 19.4 Å². The van der Waals surface area contributed by atoms with Crippen molar-refractivity contribution in [1.29, 1.82) is 0 Å². The van der Waals surface area contributed by atoms with Crippen molar-refractivity contribution in [1.82, 2.24) is 5.32 Å². The molecule has 0 aliphatic carbocycles. The van der Waals surface area contributed by atoms with Gasteiger partial charge in [-0.1, -0.05) is 30.3 Å². The van der Waals surface area contributed by atoms with Crippen LogP contribution in [0.3, 0.4) is 0 Å². The normalized spacial score (nSPS) is 12.5. The number of anilines is 1. The van der Waals surface area contributed by atoms with Crippen LogP contribution in [0.5, 0.6) is 5.75 Å². The third kappa shape index (κ3) is 3.74. The Labute approximate surface area is 141 Å². The number of hydrogen-bond donors (Lipinski definition) is 2. The van der Waals surface area contributed by atoms with E-state index in [1.165, 1.54) is 0 Å². The average molecular weight is 324 g/mol. The molecule has 0 unspecified atom stereocenters. The summed E-state index contributed by atoms with van der Waals surface area (Å²) in [6.07, 6.45) is 1.47. The second-order valence-electron chi connectivity index (χ2n) is 5.81. The van der Waals surface area contributed by atoms with Crippen LogP contribution in [0.2, 0.25) is 0 Å². The zero-order valence-electron chi connectivity index (χ0n) is 13.6. The third-order valence-corrected chi connectivity index (χ3v) is 4.07. The molecule has 0 aromatic heterocycles. The summed E-state index contributed by atoms with van der Waals surface area (Å²) in [7, 11) is 1.60. The summed E-state index contributed by atoms with van der Waals surface area (Å²) in [6.45, 7) is 0.564. The van der Waals surface area contributed by atoms with Gasteiger partial charge in [0.15, 0.2) is 0 Å². The van der Waals surface area contributed by atoms with E-state index in [1.54, 1.807) is 7.11 Å². The van der Waals surface area contributed by atoms with Crippen LogP contribution in [0.25, 0.3) is 0 Å². The first-order chi connectivity index (χ1) is 11.7. The molecule has 2 N–H and O–H groups in total. The molecule has 0 spiro atoms. The van der Waals surface area contributed by atoms with Crippen molar-refractivity contribution in [3.8, 4) is 5.75 Å². The zero-order chi connectivity index (χ0) is 16.9. The summed E-state index contributed by atoms with van der Waals surface area (Å²) in [6, 6.07) is 13.5. The minimum atomic E-state index is -0.0301. The van der Waals surface area contributed by atoms with Crippen molar-refractivity contribution in [3.05, 3.63) is 59.2 Å². The van der Waals surface area contributed by atoms with E-state index in [0.717, 1.165) is 34.5 Å². The Hall–Kier alpha value is -2.82. The van der Waals surface area contributed by atoms with Crippen LogP contribution in [0.1, 0.15) is 16.7 Å². The highest BCUT2D eigenvalue weighted by Crippen LogP contribution is 2.24. The Balaban J connectivity index is 1.51. The fraction of sp³-hybridized carbons (Fsp3) is 0.263. The van der Waals surface area contributed by atoms with Gasteiger partial charge in [-0.2, -0.15) is 0 Å². The number of hydrogen-bond acceptors (Lipinski definition) is 3. The van der Waals surface area contributed by atoms with Gasteiger partial charge in [0, 0.05) is 17.8 Å². The van der Waals surface area contributed by atoms with Crippen molar-refractivity contribution in [3.63, 3.8) is 0 Å². The van der Waals surface area contributed by atoms with Crippen LogP contribution < -0.4 is 15.4 Å². The van der Waals surface area contributed by atoms with E-state index in [1.807, 2.05) is 42.5 Å². The molecule has 5 heteroatoms. The van der Waals surface area contributed by atoms with Crippen molar-refractivity contribution < 1.29 is 14.3 Å². The maximum Gasteiger partial charge on any atom is 0.228 e. The first kappa shape index (κ1) is 16.1. The lowest BCUT2D eigenvalue weighted by molar-refractivity contribution is -0.120. The number of methoxy groups -OCH3 is 1. The maximum absolute atomic E-state index is 12.1. The molecule has 2 aromatic carbocycles. The number of carbonyl (C=O) groups is 2. The molecule has 124 valence electrons. The fourth-order valence-corrected chi connectivity index (χ4v) is 2.87. The highest BCUT2D eigenvalue weighted by atomic mass is 16.5. The van der Waals surface area contributed by atoms with Gasteiger partial charge >= 0.3 is 0 Å². The molecule has 0 bridgehead atoms. The van der Waals surface area contributed by atoms with Crippen LogP contribution in [0, 0.1) is 0 Å². The summed E-state index contributed by atoms with van der Waals surface area (Å²) < 4.78 is 5.26. The molecule has 2 amide bonds. The van der Waals surface area contributed by atoms with E-state index in [-0.39, 0.29) is 11.8 Å². The molecule has 0 saturated heterocycles. The molecular weight excluding hydrogens is 304 g/mol. The molecule has 0 atom stereocenters. The SMILES string of the molecule is COc1ccccc1CC(=O)NCCc1ccc2c(c1)CC(=O)N2. The van der Waals surface area contributed by atoms with Crippen molar-refractivity contribution in [2.75, 3.05) is 19.0 Å². The lowest BCUT2D eigenvalue weighted by atomic mass is 10.1. The van der Waals surface area contributed by atoms with Gasteiger partial charge < -0.3 is 15.4 Å². The van der Waals surface area contributed by atoms with Crippen LogP contribution in [0.15, 0.2) is 42.5 Å². The van der Waals surface area contributed by atoms with E-state index in [9.17, 15) is 9.59 Å². The van der Waals surface area contributed by atoms with Crippen molar-refractivity contribution >= 4 is 17.5 Å². The van der Waals surface area contributed by atoms with Crippen molar-refractivity contribution in [2.24, 2.45) is 0 Å². The van der Waals surface area contributed by atoms with Crippen LogP contribution >= 0.6 is 0 Å². The van der Waals surface area contributed by atoms with Gasteiger partial charge in [-0.15, -0.1) is 0 Å². The summed E-state index contributed by atoms with van der Waals surface area (Å²) in [5.74, 6) is 0.730. The fourth-order valence-electron chi connectivity index (χ4n) is 2.87. The first-order valence-corrected chi connectivity index (χ1v) is 7.96. The number of fused-ring (bicyclic) bond motifs is 1. The number of para-hydroxylation sites is 1. The largest absolute Gasteiger partial charge is 0.496 e. The molecule has 0 saturated carbocycles. The van der Waals surface area contributed by atoms with Crippen LogP contribution in [0.4, 0.5) is 5.69 Å². The zero-order valence-corrected chi connectivity index (χ0v) is 13.6. The minimum absolute atomic E-state index is 0.0301. The Bertz CT molecular complexity index is 771. The van der Waals surface area contributed by atoms with Gasteiger partial charge in [0.25, 0.3) is 0 Å². The summed E-state index contributed by atoms with van der Waals surface area (Å²) in [5.41, 5.74) is 3.91. The molecule has 5 nitrogen and oxygen atoms in total. The molecule has 2 aromatic rings. The predicted molar refractivity (Wildman–Crippen MR) is 92.2 cm³/mol. The average Bonchev–Trinajstić information content (AvgIpc) is 2.94. The summed E-state index contributed by atoms with van der Waals surface area (Å²) >= 11 is 0. The molecule has 3 rings (SSSR count). The lowest BCUT2D eigenvalue weighted by Gasteiger charge is -2.09. The number of rotatable bonds is 6. The van der Waals surface area contributed by atoms with E-state index in [2.05, 4.69) is 10.6 Å². The summed E-state index contributed by atoms with van der Waals surface area (Å²) in [4.78, 5) is 23.4. The summed E-state index contributed by atoms with van der Waals surface area (Å²) in [5, 5.41) is 5.75. The van der Waals surface area contributed by atoms with Gasteiger partial charge in [-0.25, -0.2) is 0 Å². The van der Waals surface area contributed by atoms with Gasteiger partial charge in [0.05, 0.1) is 20.0 Å². The highest BCUT2D eigenvalue weighted by Gasteiger charge is 2.17. The highest BCUT2D eigenvalue weighted by molar-refractivity contribution is 5.99. The number of carbonyl (C=O) groups excluding carboxylic acids is 2. The molecule has 1 aliphatic heterocycles. The number of benzene rings is 2. The maximum atomic E-state index is 12.1. The Morgan fingerprint density at radius 3 is 2.92 bits per heavy atom. The Morgan fingerprint density at radius 1 is 1.25 bits per heavy atom. The predicted octanol–water partition coefficient (Wildman–Crippen LogP) is 2.09. The first-order valence-electron chi connectivity index (χ1n) is 7.96. The second kappa shape index (κ2) is 7.17. The molecule has 0 radical (unpaired) electrons. The quantitative estimate of drug-likeness (QED) is 0.855. The van der Waals surface area contributed by atoms with Gasteiger partial charge in [0.2, 0.25) is 11.8 Å². The van der Waals surface area contributed by atoms with Gasteiger partial charge in [-0.05, 0) is 29.7 Å². The van der Waals surface area contributed by atoms with E-state index < -0.39 is 0 Å². The smallest absolute Gasteiger partial charge is 0.228 e. The third-order valence-electron chi connectivity index (χ3n) is 4.07. The molecule has 24 heavy (non-hydrogen) atoms. The monoisotopic (exact) mass is 324 g/mol. The van der Waals surface area contributed by atoms with Gasteiger partial charge in [0.1, 0.15) is 5.75 Å². The Kier molecular flexibility index (Phi) is 4.79. The van der Waals surface area contributed by atoms with Crippen molar-refractivity contribution in [2.45, 2.75) is 19.3 Å². The molecule has 1 heterocycles. The van der Waals surface area contributed by atoms with E-state index >= 15 is 0 Å². The second-order valence-corrected chi connectivity index (χ2v) is 5.81. The number of nitrogens with one attached hydrogen (secondary N) is 2. The standard InChI is InChI=1S/C19H20N2O3/c1-24-17-5-3-2-4-14(17)11-18(22)20-9-8-13-6-7-16-15(10-13)12-19(23)21-16/h2-7,10H,8-9,11-12H2,1H3,(H,20,22)(H,21,23).